The molecule has 2 heterocycles. The molecule has 1 amide bonds. The molecule has 0 unspecified atom stereocenters. The molecule has 26 heavy (non-hydrogen) atoms. The van der Waals surface area contributed by atoms with E-state index in [1.807, 2.05) is 4.90 Å². The van der Waals surface area contributed by atoms with Crippen LogP contribution in [0.4, 0.5) is 0 Å². The van der Waals surface area contributed by atoms with Gasteiger partial charge in [0.15, 0.2) is 0 Å². The van der Waals surface area contributed by atoms with Gasteiger partial charge >= 0.3 is 0 Å². The minimum absolute atomic E-state index is 0.0547. The average Bonchev–Trinajstić information content (AvgIpc) is 3.07. The topological polar surface area (TPSA) is 51.2 Å². The Bertz CT molecular complexity index is 604. The van der Waals surface area contributed by atoms with E-state index >= 15 is 0 Å². The van der Waals surface area contributed by atoms with Crippen LogP contribution < -0.4 is 9.47 Å². The maximum Gasteiger partial charge on any atom is 0.254 e. The number of methoxy groups -OCH3 is 2. The van der Waals surface area contributed by atoms with Crippen molar-refractivity contribution >= 4 is 5.91 Å². The number of amides is 1. The molecule has 2 fully saturated rings. The molecule has 0 aliphatic carbocycles. The predicted octanol–water partition coefficient (Wildman–Crippen LogP) is 2.42. The molecule has 144 valence electrons. The molecular weight excluding hydrogens is 332 g/mol. The largest absolute Gasteiger partial charge is 0.497 e. The van der Waals surface area contributed by atoms with Crippen molar-refractivity contribution in [2.24, 2.45) is 0 Å². The van der Waals surface area contributed by atoms with Gasteiger partial charge in [-0.3, -0.25) is 9.69 Å². The van der Waals surface area contributed by atoms with Gasteiger partial charge in [0.05, 0.1) is 26.4 Å². The molecule has 0 spiro atoms. The predicted molar refractivity (Wildman–Crippen MR) is 100 cm³/mol. The van der Waals surface area contributed by atoms with Crippen molar-refractivity contribution < 1.29 is 19.0 Å². The van der Waals surface area contributed by atoms with Crippen molar-refractivity contribution in [2.75, 3.05) is 40.4 Å². The summed E-state index contributed by atoms with van der Waals surface area (Å²) in [6, 6.07) is 5.62. The van der Waals surface area contributed by atoms with Crippen LogP contribution in [-0.2, 0) is 4.74 Å². The lowest BCUT2D eigenvalue weighted by Crippen LogP contribution is -2.50. The van der Waals surface area contributed by atoms with Crippen molar-refractivity contribution in [1.82, 2.24) is 9.80 Å². The number of ether oxygens (including phenoxy) is 3. The van der Waals surface area contributed by atoms with Crippen molar-refractivity contribution in [3.63, 3.8) is 0 Å². The Morgan fingerprint density at radius 3 is 2.31 bits per heavy atom. The minimum Gasteiger partial charge on any atom is -0.497 e. The van der Waals surface area contributed by atoms with Gasteiger partial charge in [-0.25, -0.2) is 0 Å². The number of hydrogen-bond acceptors (Lipinski definition) is 5. The van der Waals surface area contributed by atoms with E-state index < -0.39 is 0 Å². The molecule has 2 aliphatic heterocycles. The van der Waals surface area contributed by atoms with E-state index in [2.05, 4.69) is 18.7 Å². The second kappa shape index (κ2) is 8.27. The normalized spacial score (nSPS) is 26.8. The number of carbonyl (C=O) groups excluding carboxylic acids is 1. The van der Waals surface area contributed by atoms with E-state index in [1.54, 1.807) is 32.4 Å². The monoisotopic (exact) mass is 362 g/mol. The van der Waals surface area contributed by atoms with Crippen molar-refractivity contribution in [2.45, 2.75) is 44.9 Å². The molecule has 2 aliphatic rings. The van der Waals surface area contributed by atoms with Crippen molar-refractivity contribution in [3.8, 4) is 11.5 Å². The van der Waals surface area contributed by atoms with Gasteiger partial charge in [-0.05, 0) is 38.8 Å². The quantitative estimate of drug-likeness (QED) is 0.805. The maximum absolute atomic E-state index is 13.1. The van der Waals surface area contributed by atoms with Gasteiger partial charge in [0.2, 0.25) is 0 Å². The maximum atomic E-state index is 13.1. The molecular formula is C20H30N2O4. The fourth-order valence-corrected chi connectivity index (χ4v) is 4.12. The molecule has 3 rings (SSSR count). The van der Waals surface area contributed by atoms with E-state index in [0.29, 0.717) is 17.1 Å². The van der Waals surface area contributed by atoms with Gasteiger partial charge in [-0.1, -0.05) is 0 Å². The van der Waals surface area contributed by atoms with E-state index in [0.717, 1.165) is 39.0 Å². The number of carbonyl (C=O) groups is 1. The van der Waals surface area contributed by atoms with Crippen LogP contribution in [0.25, 0.3) is 0 Å². The van der Waals surface area contributed by atoms with Crippen molar-refractivity contribution in [1.29, 1.82) is 0 Å². The van der Waals surface area contributed by atoms with Crippen LogP contribution in [0.2, 0.25) is 0 Å². The van der Waals surface area contributed by atoms with E-state index in [-0.39, 0.29) is 24.2 Å². The van der Waals surface area contributed by atoms with Crippen LogP contribution in [0, 0.1) is 0 Å². The number of hydrogen-bond donors (Lipinski definition) is 0. The summed E-state index contributed by atoms with van der Waals surface area (Å²) in [5.41, 5.74) is 0.622. The van der Waals surface area contributed by atoms with Crippen LogP contribution in [0.3, 0.4) is 0 Å². The summed E-state index contributed by atoms with van der Waals surface area (Å²) in [5, 5.41) is 0. The van der Waals surface area contributed by atoms with Gasteiger partial charge in [0.25, 0.3) is 5.91 Å². The third-order valence-electron chi connectivity index (χ3n) is 5.20. The van der Waals surface area contributed by atoms with Crippen LogP contribution in [0.5, 0.6) is 11.5 Å². The standard InChI is InChI=1S/C20H30N2O4/c1-14-11-21(12-15(2)26-14)13-17-6-5-7-22(17)20(23)16-8-18(24-3)10-19(9-16)25-4/h8-10,14-15,17H,5-7,11-13H2,1-4H3/t14-,15-,17-/m1/s1. The summed E-state index contributed by atoms with van der Waals surface area (Å²) >= 11 is 0. The van der Waals surface area contributed by atoms with Gasteiger partial charge in [0.1, 0.15) is 11.5 Å². The zero-order chi connectivity index (χ0) is 18.7. The van der Waals surface area contributed by atoms with Crippen LogP contribution >= 0.6 is 0 Å². The Kier molecular flexibility index (Phi) is 6.04. The van der Waals surface area contributed by atoms with E-state index in [9.17, 15) is 4.79 Å². The Hall–Kier alpha value is -1.79. The molecule has 0 N–H and O–H groups in total. The number of morpholine rings is 1. The Labute approximate surface area is 156 Å². The van der Waals surface area contributed by atoms with Crippen LogP contribution in [0.1, 0.15) is 37.0 Å². The first kappa shape index (κ1) is 19.0. The van der Waals surface area contributed by atoms with Crippen LogP contribution in [-0.4, -0.2) is 74.4 Å². The summed E-state index contributed by atoms with van der Waals surface area (Å²) < 4.78 is 16.4. The molecule has 1 aromatic carbocycles. The lowest BCUT2D eigenvalue weighted by molar-refractivity contribution is -0.0715. The molecule has 0 saturated carbocycles. The SMILES string of the molecule is COc1cc(OC)cc(C(=O)N2CCC[C@@H]2CN2C[C@@H](C)O[C@H](C)C2)c1. The van der Waals surface area contributed by atoms with Crippen molar-refractivity contribution in [3.05, 3.63) is 23.8 Å². The first-order valence-corrected chi connectivity index (χ1v) is 9.42. The first-order chi connectivity index (χ1) is 12.5. The zero-order valence-corrected chi connectivity index (χ0v) is 16.2. The van der Waals surface area contributed by atoms with E-state index in [4.69, 9.17) is 14.2 Å². The summed E-state index contributed by atoms with van der Waals surface area (Å²) in [5.74, 6) is 1.33. The molecule has 0 radical (unpaired) electrons. The molecule has 6 heteroatoms. The molecule has 3 atom stereocenters. The summed E-state index contributed by atoms with van der Waals surface area (Å²) in [4.78, 5) is 17.6. The first-order valence-electron chi connectivity index (χ1n) is 9.42. The van der Waals surface area contributed by atoms with Gasteiger partial charge in [0, 0.05) is 43.9 Å². The van der Waals surface area contributed by atoms with E-state index in [1.165, 1.54) is 0 Å². The Morgan fingerprint density at radius 2 is 1.73 bits per heavy atom. The van der Waals surface area contributed by atoms with Crippen LogP contribution in [0.15, 0.2) is 18.2 Å². The molecule has 0 aromatic heterocycles. The second-order valence-electron chi connectivity index (χ2n) is 7.37. The smallest absolute Gasteiger partial charge is 0.254 e. The molecule has 0 bridgehead atoms. The Morgan fingerprint density at radius 1 is 1.12 bits per heavy atom. The number of rotatable bonds is 5. The minimum atomic E-state index is 0.0547. The Balaban J connectivity index is 1.72. The molecule has 2 saturated heterocycles. The lowest BCUT2D eigenvalue weighted by Gasteiger charge is -2.38. The highest BCUT2D eigenvalue weighted by atomic mass is 16.5. The fourth-order valence-electron chi connectivity index (χ4n) is 4.12. The van der Waals surface area contributed by atoms with Gasteiger partial charge in [-0.15, -0.1) is 0 Å². The van der Waals surface area contributed by atoms with Gasteiger partial charge < -0.3 is 19.1 Å². The summed E-state index contributed by atoms with van der Waals surface area (Å²) in [7, 11) is 3.20. The zero-order valence-electron chi connectivity index (χ0n) is 16.2. The summed E-state index contributed by atoms with van der Waals surface area (Å²) in [6.45, 7) is 7.79. The average molecular weight is 362 g/mol. The highest BCUT2D eigenvalue weighted by Gasteiger charge is 2.33. The number of nitrogens with zero attached hydrogens (tertiary/aromatic N) is 2. The molecule has 6 nitrogen and oxygen atoms in total. The third kappa shape index (κ3) is 4.30. The fraction of sp³-hybridized carbons (Fsp3) is 0.650. The number of benzene rings is 1. The highest BCUT2D eigenvalue weighted by Crippen LogP contribution is 2.27. The highest BCUT2D eigenvalue weighted by molar-refractivity contribution is 5.95. The number of likely N-dealkylation sites (tertiary alicyclic amines) is 1. The lowest BCUT2D eigenvalue weighted by atomic mass is 10.1. The summed E-state index contributed by atoms with van der Waals surface area (Å²) in [6.07, 6.45) is 2.58. The van der Waals surface area contributed by atoms with Gasteiger partial charge in [-0.2, -0.15) is 0 Å². The second-order valence-corrected chi connectivity index (χ2v) is 7.37. The molecule has 1 aromatic rings. The third-order valence-corrected chi connectivity index (χ3v) is 5.20.